The van der Waals surface area contributed by atoms with E-state index >= 15 is 0 Å². The second kappa shape index (κ2) is 5.14. The van der Waals surface area contributed by atoms with Crippen LogP contribution in [-0.2, 0) is 16.3 Å². The predicted molar refractivity (Wildman–Crippen MR) is 61.7 cm³/mol. The molecule has 106 valence electrons. The number of carbonyl (C=O) groups excluding carboxylic acids is 1. The summed E-state index contributed by atoms with van der Waals surface area (Å²) >= 11 is 0. The van der Waals surface area contributed by atoms with E-state index in [1.165, 1.54) is 0 Å². The second-order valence-corrected chi connectivity index (χ2v) is 4.92. The smallest absolute Gasteiger partial charge is 0.451 e. The van der Waals surface area contributed by atoms with Crippen molar-refractivity contribution in [2.45, 2.75) is 39.3 Å². The van der Waals surface area contributed by atoms with Crippen molar-refractivity contribution in [1.82, 2.24) is 9.97 Å². The fourth-order valence-electron chi connectivity index (χ4n) is 1.45. The van der Waals surface area contributed by atoms with Crippen LogP contribution in [0.4, 0.5) is 13.2 Å². The Kier molecular flexibility index (Phi) is 4.17. The first-order valence-electron chi connectivity index (χ1n) is 5.69. The van der Waals surface area contributed by atoms with Gasteiger partial charge in [-0.15, -0.1) is 0 Å². The molecule has 0 fully saturated rings. The van der Waals surface area contributed by atoms with Crippen molar-refractivity contribution >= 4 is 5.97 Å². The van der Waals surface area contributed by atoms with Crippen molar-refractivity contribution in [3.05, 3.63) is 23.3 Å². The van der Waals surface area contributed by atoms with E-state index in [0.717, 1.165) is 6.20 Å². The third-order valence-electron chi connectivity index (χ3n) is 2.25. The summed E-state index contributed by atoms with van der Waals surface area (Å²) in [4.78, 5) is 18.4. The maximum Gasteiger partial charge on any atom is 0.451 e. The minimum Gasteiger partial charge on any atom is -0.462 e. The van der Waals surface area contributed by atoms with Crippen molar-refractivity contribution in [3.63, 3.8) is 0 Å². The van der Waals surface area contributed by atoms with Crippen LogP contribution >= 0.6 is 0 Å². The highest BCUT2D eigenvalue weighted by Gasteiger charge is 2.37. The average molecular weight is 276 g/mol. The molecule has 0 amide bonds. The molecule has 0 aliphatic rings. The highest BCUT2D eigenvalue weighted by atomic mass is 19.4. The number of esters is 1. The van der Waals surface area contributed by atoms with Crippen LogP contribution in [0, 0.1) is 0 Å². The van der Waals surface area contributed by atoms with E-state index in [9.17, 15) is 18.0 Å². The zero-order valence-corrected chi connectivity index (χ0v) is 11.1. The number of aromatic nitrogens is 2. The summed E-state index contributed by atoms with van der Waals surface area (Å²) in [5.74, 6) is -1.98. The number of alkyl halides is 3. The van der Waals surface area contributed by atoms with Crippen LogP contribution in [0.2, 0.25) is 0 Å². The number of hydrogen-bond donors (Lipinski definition) is 0. The molecule has 0 saturated heterocycles. The molecule has 0 aliphatic carbocycles. The normalized spacial score (nSPS) is 12.4. The summed E-state index contributed by atoms with van der Waals surface area (Å²) in [5, 5.41) is 0. The van der Waals surface area contributed by atoms with Gasteiger partial charge in [0.25, 0.3) is 0 Å². The molecule has 0 saturated carbocycles. The summed E-state index contributed by atoms with van der Waals surface area (Å²) < 4.78 is 42.6. The third-order valence-corrected chi connectivity index (χ3v) is 2.25. The van der Waals surface area contributed by atoms with Crippen molar-refractivity contribution in [2.75, 3.05) is 6.61 Å². The molecule has 0 aliphatic heterocycles. The molecule has 0 unspecified atom stereocenters. The predicted octanol–water partition coefficient (Wildman–Crippen LogP) is 2.97. The van der Waals surface area contributed by atoms with Gasteiger partial charge in [0.05, 0.1) is 12.3 Å². The van der Waals surface area contributed by atoms with Crippen LogP contribution in [0.3, 0.4) is 0 Å². The van der Waals surface area contributed by atoms with E-state index < -0.39 is 23.4 Å². The largest absolute Gasteiger partial charge is 0.462 e. The SMILES string of the molecule is CCOC(=O)c1cnc(C(F)(F)F)nc1C(C)(C)C. The maximum atomic E-state index is 12.6. The Morgan fingerprint density at radius 1 is 1.32 bits per heavy atom. The summed E-state index contributed by atoms with van der Waals surface area (Å²) in [6, 6.07) is 0. The van der Waals surface area contributed by atoms with E-state index in [-0.39, 0.29) is 17.9 Å². The van der Waals surface area contributed by atoms with Gasteiger partial charge in [-0.25, -0.2) is 14.8 Å². The molecule has 1 aromatic rings. The van der Waals surface area contributed by atoms with Crippen LogP contribution in [0.25, 0.3) is 0 Å². The van der Waals surface area contributed by atoms with Crippen molar-refractivity contribution in [3.8, 4) is 0 Å². The topological polar surface area (TPSA) is 52.1 Å². The van der Waals surface area contributed by atoms with Crippen LogP contribution in [0.1, 0.15) is 49.6 Å². The van der Waals surface area contributed by atoms with Crippen molar-refractivity contribution in [1.29, 1.82) is 0 Å². The first-order valence-corrected chi connectivity index (χ1v) is 5.69. The highest BCUT2D eigenvalue weighted by Crippen LogP contribution is 2.30. The lowest BCUT2D eigenvalue weighted by molar-refractivity contribution is -0.145. The fourth-order valence-corrected chi connectivity index (χ4v) is 1.45. The summed E-state index contributed by atoms with van der Waals surface area (Å²) in [6.45, 7) is 6.73. The lowest BCUT2D eigenvalue weighted by atomic mass is 9.89. The third kappa shape index (κ3) is 3.65. The number of halogens is 3. The summed E-state index contributed by atoms with van der Waals surface area (Å²) in [7, 11) is 0. The Morgan fingerprint density at radius 2 is 1.89 bits per heavy atom. The van der Waals surface area contributed by atoms with Gasteiger partial charge in [0, 0.05) is 11.6 Å². The molecule has 4 nitrogen and oxygen atoms in total. The molecular formula is C12H15F3N2O2. The van der Waals surface area contributed by atoms with Gasteiger partial charge < -0.3 is 4.74 Å². The zero-order valence-electron chi connectivity index (χ0n) is 11.1. The van der Waals surface area contributed by atoms with E-state index in [1.807, 2.05) is 0 Å². The van der Waals surface area contributed by atoms with E-state index in [2.05, 4.69) is 9.97 Å². The Hall–Kier alpha value is -1.66. The molecule has 7 heteroatoms. The summed E-state index contributed by atoms with van der Waals surface area (Å²) in [6.07, 6.45) is -3.78. The lowest BCUT2D eigenvalue weighted by Gasteiger charge is -2.21. The molecule has 1 heterocycles. The zero-order chi connectivity index (χ0) is 14.8. The first kappa shape index (κ1) is 15.4. The number of carbonyl (C=O) groups is 1. The molecule has 0 spiro atoms. The fraction of sp³-hybridized carbons (Fsp3) is 0.583. The number of ether oxygens (including phenoxy) is 1. The van der Waals surface area contributed by atoms with E-state index in [1.54, 1.807) is 27.7 Å². The Balaban J connectivity index is 3.38. The molecule has 0 aromatic carbocycles. The average Bonchev–Trinajstić information content (AvgIpc) is 2.26. The van der Waals surface area contributed by atoms with Crippen LogP contribution in [-0.4, -0.2) is 22.5 Å². The second-order valence-electron chi connectivity index (χ2n) is 4.92. The number of hydrogen-bond acceptors (Lipinski definition) is 4. The van der Waals surface area contributed by atoms with Gasteiger partial charge in [-0.2, -0.15) is 13.2 Å². The summed E-state index contributed by atoms with van der Waals surface area (Å²) in [5.41, 5.74) is -0.749. The standard InChI is InChI=1S/C12H15F3N2O2/c1-5-19-9(18)7-6-16-10(12(13,14)15)17-8(7)11(2,3)4/h6H,5H2,1-4H3. The van der Waals surface area contributed by atoms with Gasteiger partial charge >= 0.3 is 12.1 Å². The molecule has 0 atom stereocenters. The molecule has 0 radical (unpaired) electrons. The molecular weight excluding hydrogens is 261 g/mol. The van der Waals surface area contributed by atoms with Gasteiger partial charge in [0.1, 0.15) is 5.56 Å². The minimum atomic E-state index is -4.65. The lowest BCUT2D eigenvalue weighted by Crippen LogP contribution is -2.24. The number of rotatable bonds is 2. The van der Waals surface area contributed by atoms with E-state index in [0.29, 0.717) is 0 Å². The first-order chi connectivity index (χ1) is 8.57. The van der Waals surface area contributed by atoms with Crippen LogP contribution in [0.15, 0.2) is 6.20 Å². The molecule has 0 bridgehead atoms. The van der Waals surface area contributed by atoms with Crippen molar-refractivity contribution < 1.29 is 22.7 Å². The van der Waals surface area contributed by atoms with Crippen LogP contribution in [0.5, 0.6) is 0 Å². The highest BCUT2D eigenvalue weighted by molar-refractivity contribution is 5.90. The maximum absolute atomic E-state index is 12.6. The Morgan fingerprint density at radius 3 is 2.32 bits per heavy atom. The Labute approximate surface area is 109 Å². The molecule has 1 aromatic heterocycles. The van der Waals surface area contributed by atoms with E-state index in [4.69, 9.17) is 4.74 Å². The monoisotopic (exact) mass is 276 g/mol. The van der Waals surface area contributed by atoms with Gasteiger partial charge in [-0.3, -0.25) is 0 Å². The Bertz CT molecular complexity index is 479. The molecule has 1 rings (SSSR count). The molecule has 19 heavy (non-hydrogen) atoms. The quantitative estimate of drug-likeness (QED) is 0.779. The number of nitrogens with zero attached hydrogens (tertiary/aromatic N) is 2. The van der Waals surface area contributed by atoms with Gasteiger partial charge in [0.2, 0.25) is 5.82 Å². The molecule has 0 N–H and O–H groups in total. The van der Waals surface area contributed by atoms with Crippen molar-refractivity contribution in [2.24, 2.45) is 0 Å². The van der Waals surface area contributed by atoms with Gasteiger partial charge in [0.15, 0.2) is 0 Å². The minimum absolute atomic E-state index is 0.0216. The van der Waals surface area contributed by atoms with Crippen LogP contribution < -0.4 is 0 Å². The van der Waals surface area contributed by atoms with Gasteiger partial charge in [-0.1, -0.05) is 20.8 Å². The van der Waals surface area contributed by atoms with Gasteiger partial charge in [-0.05, 0) is 6.92 Å².